The van der Waals surface area contributed by atoms with E-state index in [1.165, 1.54) is 109 Å². The van der Waals surface area contributed by atoms with Crippen molar-refractivity contribution < 1.29 is 14.6 Å². The molecular formula is C27H58N2O3Si. The quantitative estimate of drug-likeness (QED) is 0.108. The van der Waals surface area contributed by atoms with Crippen LogP contribution in [0.5, 0.6) is 0 Å². The van der Waals surface area contributed by atoms with Gasteiger partial charge in [0.15, 0.2) is 0 Å². The molecule has 0 heterocycles. The largest absolute Gasteiger partial charge is 0.415 e. The first kappa shape index (κ1) is 33.0. The number of aliphatic hydroxyl groups is 2. The van der Waals surface area contributed by atoms with Gasteiger partial charge in [0.1, 0.15) is 0 Å². The topological polar surface area (TPSA) is 79.0 Å². The number of nitrogens with zero attached hydrogens (tertiary/aromatic N) is 1. The number of unbranched alkanes of at least 4 members (excludes halogenated alkanes) is 14. The average Bonchev–Trinajstić information content (AvgIpc) is 2.81. The van der Waals surface area contributed by atoms with Gasteiger partial charge in [-0.1, -0.05) is 110 Å². The van der Waals surface area contributed by atoms with Gasteiger partial charge >= 0.3 is 0 Å². The number of aliphatic hydroxyl groups excluding tert-OH is 2. The molecule has 0 saturated heterocycles. The monoisotopic (exact) mass is 486 g/mol. The van der Waals surface area contributed by atoms with Crippen LogP contribution in [0.1, 0.15) is 122 Å². The van der Waals surface area contributed by atoms with E-state index in [2.05, 4.69) is 25.9 Å². The van der Waals surface area contributed by atoms with Gasteiger partial charge in [-0.15, -0.1) is 0 Å². The van der Waals surface area contributed by atoms with Crippen LogP contribution < -0.4 is 5.73 Å². The molecule has 1 unspecified atom stereocenters. The number of hydrogen-bond donors (Lipinski definition) is 3. The number of nitrogens with two attached hydrogens (primary N) is 1. The summed E-state index contributed by atoms with van der Waals surface area (Å²) in [7, 11) is 4.77. The molecule has 5 nitrogen and oxygen atoms in total. The lowest BCUT2D eigenvalue weighted by molar-refractivity contribution is 0.0798. The molecule has 6 heteroatoms. The van der Waals surface area contributed by atoms with Crippen LogP contribution in [0.15, 0.2) is 0 Å². The van der Waals surface area contributed by atoms with E-state index in [0.717, 1.165) is 12.5 Å². The first-order valence-electron chi connectivity index (χ1n) is 14.0. The molecular weight excluding hydrogens is 428 g/mol. The van der Waals surface area contributed by atoms with Crippen LogP contribution in [0.4, 0.5) is 0 Å². The molecule has 0 aliphatic heterocycles. The van der Waals surface area contributed by atoms with Crippen LogP contribution in [0.25, 0.3) is 0 Å². The molecule has 198 valence electrons. The number of hydrogen-bond acceptors (Lipinski definition) is 5. The van der Waals surface area contributed by atoms with E-state index in [4.69, 9.17) is 10.2 Å². The molecule has 0 amide bonds. The summed E-state index contributed by atoms with van der Waals surface area (Å²) in [5, 5.41) is 18.4. The SMILES string of the molecule is CCCCCCCCCCCCCCCCCC(CCC[Si]OCC(N)(CO)CO)N(C)C. The minimum atomic E-state index is -1.01. The van der Waals surface area contributed by atoms with Crippen LogP contribution in [0.2, 0.25) is 6.04 Å². The lowest BCUT2D eigenvalue weighted by Gasteiger charge is -2.25. The average molecular weight is 487 g/mol. The fourth-order valence-electron chi connectivity index (χ4n) is 4.23. The summed E-state index contributed by atoms with van der Waals surface area (Å²) in [5.41, 5.74) is 4.81. The van der Waals surface area contributed by atoms with Gasteiger partial charge in [-0.2, -0.15) is 0 Å². The Morgan fingerprint density at radius 1 is 0.727 bits per heavy atom. The molecule has 0 spiro atoms. The summed E-state index contributed by atoms with van der Waals surface area (Å²) in [5.74, 6) is 0. The normalized spacial score (nSPS) is 13.2. The van der Waals surface area contributed by atoms with E-state index in [1.54, 1.807) is 0 Å². The lowest BCUT2D eigenvalue weighted by Crippen LogP contribution is -2.51. The van der Waals surface area contributed by atoms with Crippen LogP contribution in [-0.4, -0.2) is 70.4 Å². The van der Waals surface area contributed by atoms with E-state index in [1.807, 2.05) is 0 Å². The highest BCUT2D eigenvalue weighted by molar-refractivity contribution is 6.27. The summed E-state index contributed by atoms with van der Waals surface area (Å²) in [6, 6.07) is 1.68. The smallest absolute Gasteiger partial charge is 0.229 e. The highest BCUT2D eigenvalue weighted by atomic mass is 28.2. The van der Waals surface area contributed by atoms with Crippen molar-refractivity contribution in [2.75, 3.05) is 33.9 Å². The van der Waals surface area contributed by atoms with Gasteiger partial charge in [-0.05, 0) is 33.0 Å². The standard InChI is InChI=1S/C27H58N2O3Si/c1-4-5-6-7-8-9-10-11-12-13-14-15-16-17-18-20-26(29(2)3)21-19-22-33-32-25-27(28,23-30)24-31/h26,30-31H,4-25,28H2,1-3H3. The summed E-state index contributed by atoms with van der Waals surface area (Å²) in [6.45, 7) is 2.00. The Balaban J connectivity index is 3.52. The Labute approximate surface area is 209 Å². The van der Waals surface area contributed by atoms with Gasteiger partial charge in [-0.3, -0.25) is 0 Å². The van der Waals surface area contributed by atoms with E-state index < -0.39 is 5.54 Å². The maximum atomic E-state index is 9.19. The van der Waals surface area contributed by atoms with Crippen molar-refractivity contribution in [2.24, 2.45) is 5.73 Å². The third kappa shape index (κ3) is 21.1. The van der Waals surface area contributed by atoms with Crippen molar-refractivity contribution in [3.63, 3.8) is 0 Å². The maximum Gasteiger partial charge on any atom is 0.229 e. The highest BCUT2D eigenvalue weighted by Gasteiger charge is 2.23. The first-order valence-corrected chi connectivity index (χ1v) is 15.1. The zero-order valence-corrected chi connectivity index (χ0v) is 23.5. The minimum absolute atomic E-state index is 0.217. The van der Waals surface area contributed by atoms with Crippen molar-refractivity contribution in [2.45, 2.75) is 140 Å². The van der Waals surface area contributed by atoms with Crippen molar-refractivity contribution in [3.8, 4) is 0 Å². The van der Waals surface area contributed by atoms with Gasteiger partial charge in [-0.25, -0.2) is 0 Å². The fraction of sp³-hybridized carbons (Fsp3) is 1.00. The molecule has 0 aromatic rings. The molecule has 0 aromatic carbocycles. The maximum absolute atomic E-state index is 9.19. The van der Waals surface area contributed by atoms with Crippen molar-refractivity contribution in [3.05, 3.63) is 0 Å². The zero-order valence-electron chi connectivity index (χ0n) is 22.5. The Morgan fingerprint density at radius 2 is 1.15 bits per heavy atom. The molecule has 0 saturated carbocycles. The molecule has 0 aliphatic carbocycles. The highest BCUT2D eigenvalue weighted by Crippen LogP contribution is 2.17. The van der Waals surface area contributed by atoms with Crippen molar-refractivity contribution in [1.82, 2.24) is 4.90 Å². The van der Waals surface area contributed by atoms with Crippen LogP contribution in [0, 0.1) is 0 Å². The van der Waals surface area contributed by atoms with E-state index in [9.17, 15) is 10.2 Å². The summed E-state index contributed by atoms with van der Waals surface area (Å²) in [4.78, 5) is 2.37. The van der Waals surface area contributed by atoms with E-state index in [-0.39, 0.29) is 19.8 Å². The van der Waals surface area contributed by atoms with Crippen LogP contribution in [-0.2, 0) is 4.43 Å². The molecule has 0 bridgehead atoms. The van der Waals surface area contributed by atoms with Gasteiger partial charge in [0, 0.05) is 6.04 Å². The van der Waals surface area contributed by atoms with Crippen LogP contribution in [0.3, 0.4) is 0 Å². The second-order valence-corrected chi connectivity index (χ2v) is 11.4. The zero-order chi connectivity index (χ0) is 24.6. The summed E-state index contributed by atoms with van der Waals surface area (Å²) >= 11 is 0. The van der Waals surface area contributed by atoms with Gasteiger partial charge in [0.25, 0.3) is 0 Å². The molecule has 1 atom stereocenters. The predicted octanol–water partition coefficient (Wildman–Crippen LogP) is 5.69. The van der Waals surface area contributed by atoms with Crippen LogP contribution >= 0.6 is 0 Å². The number of rotatable bonds is 26. The Bertz CT molecular complexity index is 396. The third-order valence-electron chi connectivity index (χ3n) is 6.78. The summed E-state index contributed by atoms with van der Waals surface area (Å²) in [6.07, 6.45) is 24.9. The Hall–Kier alpha value is 0.0169. The fourth-order valence-corrected chi connectivity index (χ4v) is 5.11. The van der Waals surface area contributed by atoms with Gasteiger partial charge < -0.3 is 25.3 Å². The molecule has 0 aromatic heterocycles. The minimum Gasteiger partial charge on any atom is -0.415 e. The predicted molar refractivity (Wildman–Crippen MR) is 144 cm³/mol. The molecule has 2 radical (unpaired) electrons. The molecule has 4 N–H and O–H groups in total. The molecule has 33 heavy (non-hydrogen) atoms. The van der Waals surface area contributed by atoms with Gasteiger partial charge in [0.05, 0.1) is 25.4 Å². The van der Waals surface area contributed by atoms with E-state index in [0.29, 0.717) is 15.8 Å². The second-order valence-electron chi connectivity index (χ2n) is 10.4. The van der Waals surface area contributed by atoms with E-state index >= 15 is 0 Å². The Morgan fingerprint density at radius 3 is 1.58 bits per heavy atom. The Kier molecular flexibility index (Phi) is 23.8. The van der Waals surface area contributed by atoms with Crippen molar-refractivity contribution in [1.29, 1.82) is 0 Å². The van der Waals surface area contributed by atoms with Gasteiger partial charge in [0.2, 0.25) is 9.76 Å². The lowest BCUT2D eigenvalue weighted by atomic mass is 10.0. The third-order valence-corrected chi connectivity index (χ3v) is 7.68. The second kappa shape index (κ2) is 23.7. The molecule has 0 rings (SSSR count). The first-order chi connectivity index (χ1) is 16.0. The van der Waals surface area contributed by atoms with Crippen molar-refractivity contribution >= 4 is 9.76 Å². The summed E-state index contributed by atoms with van der Waals surface area (Å²) < 4.78 is 5.58. The molecule has 0 aliphatic rings. The molecule has 0 fully saturated rings.